The molecule has 0 aromatic carbocycles. The fourth-order valence-electron chi connectivity index (χ4n) is 4.88. The average Bonchev–Trinajstić information content (AvgIpc) is 2.74. The fourth-order valence-corrected chi connectivity index (χ4v) is 4.88. The van der Waals surface area contributed by atoms with E-state index in [4.69, 9.17) is 0 Å². The molecule has 0 bridgehead atoms. The Kier molecular flexibility index (Phi) is 7.01. The van der Waals surface area contributed by atoms with Crippen LogP contribution < -0.4 is 5.32 Å². The van der Waals surface area contributed by atoms with E-state index < -0.39 is 0 Å². The maximum Gasteiger partial charge on any atom is 0.00924 e. The minimum Gasteiger partial charge on any atom is -0.316 e. The third-order valence-electron chi connectivity index (χ3n) is 5.97. The molecule has 2 aliphatic carbocycles. The van der Waals surface area contributed by atoms with Crippen LogP contribution in [0.2, 0.25) is 0 Å². The summed E-state index contributed by atoms with van der Waals surface area (Å²) in [6, 6.07) is 0.850. The van der Waals surface area contributed by atoms with E-state index in [0.717, 1.165) is 18.5 Å². The van der Waals surface area contributed by atoms with Crippen LogP contribution in [0.3, 0.4) is 0 Å². The van der Waals surface area contributed by atoms with Crippen molar-refractivity contribution < 1.29 is 0 Å². The molecule has 0 spiro atoms. The van der Waals surface area contributed by atoms with E-state index >= 15 is 0 Å². The van der Waals surface area contributed by atoms with Crippen molar-refractivity contribution in [1.29, 1.82) is 0 Å². The second-order valence-corrected chi connectivity index (χ2v) is 8.04. The summed E-state index contributed by atoms with van der Waals surface area (Å²) in [7, 11) is 2.41. The molecule has 2 atom stereocenters. The largest absolute Gasteiger partial charge is 0.316 e. The highest BCUT2D eigenvalue weighted by Crippen LogP contribution is 2.40. The van der Waals surface area contributed by atoms with Gasteiger partial charge in [0.05, 0.1) is 0 Å². The predicted molar refractivity (Wildman–Crippen MR) is 92.7 cm³/mol. The summed E-state index contributed by atoms with van der Waals surface area (Å²) < 4.78 is 0. The van der Waals surface area contributed by atoms with Crippen molar-refractivity contribution >= 4 is 0 Å². The van der Waals surface area contributed by atoms with Gasteiger partial charge in [-0.25, -0.2) is 0 Å². The zero-order chi connectivity index (χ0) is 15.1. The van der Waals surface area contributed by atoms with Gasteiger partial charge < -0.3 is 10.2 Å². The Morgan fingerprint density at radius 1 is 1.05 bits per heavy atom. The van der Waals surface area contributed by atoms with Crippen LogP contribution in [0.5, 0.6) is 0 Å². The van der Waals surface area contributed by atoms with Crippen LogP contribution in [0.25, 0.3) is 0 Å². The summed E-state index contributed by atoms with van der Waals surface area (Å²) in [5.41, 5.74) is 0.536. The van der Waals surface area contributed by atoms with Crippen molar-refractivity contribution in [1.82, 2.24) is 10.2 Å². The SMILES string of the molecule is CCNCC1(CN(C)C2CCCCCC2)CCCC(C)C1. The molecule has 1 N–H and O–H groups in total. The number of rotatable bonds is 6. The summed E-state index contributed by atoms with van der Waals surface area (Å²) >= 11 is 0. The Hall–Kier alpha value is -0.0800. The first-order valence-corrected chi connectivity index (χ1v) is 9.56. The Balaban J connectivity index is 1.95. The van der Waals surface area contributed by atoms with Crippen molar-refractivity contribution in [3.8, 4) is 0 Å². The van der Waals surface area contributed by atoms with E-state index in [9.17, 15) is 0 Å². The molecular weight excluding hydrogens is 256 g/mol. The summed E-state index contributed by atoms with van der Waals surface area (Å²) in [4.78, 5) is 2.74. The van der Waals surface area contributed by atoms with Crippen LogP contribution >= 0.6 is 0 Å². The van der Waals surface area contributed by atoms with Crippen LogP contribution in [0.15, 0.2) is 0 Å². The van der Waals surface area contributed by atoms with Gasteiger partial charge in [-0.3, -0.25) is 0 Å². The maximum absolute atomic E-state index is 3.67. The van der Waals surface area contributed by atoms with Gasteiger partial charge in [0.15, 0.2) is 0 Å². The normalized spacial score (nSPS) is 32.3. The standard InChI is InChI=1S/C19H38N2/c1-4-20-15-19(13-9-10-17(2)14-19)16-21(3)18-11-7-5-6-8-12-18/h17-18,20H,4-16H2,1-3H3. The molecule has 0 aromatic rings. The van der Waals surface area contributed by atoms with Crippen LogP contribution in [0, 0.1) is 11.3 Å². The topological polar surface area (TPSA) is 15.3 Å². The molecule has 124 valence electrons. The minimum atomic E-state index is 0.536. The first-order chi connectivity index (χ1) is 10.2. The van der Waals surface area contributed by atoms with E-state index in [-0.39, 0.29) is 0 Å². The lowest BCUT2D eigenvalue weighted by Crippen LogP contribution is -2.48. The molecule has 2 nitrogen and oxygen atoms in total. The molecule has 0 saturated heterocycles. The molecule has 2 saturated carbocycles. The lowest BCUT2D eigenvalue weighted by molar-refractivity contribution is 0.0689. The zero-order valence-corrected chi connectivity index (χ0v) is 14.8. The van der Waals surface area contributed by atoms with Crippen molar-refractivity contribution in [2.24, 2.45) is 11.3 Å². The third kappa shape index (κ3) is 5.25. The predicted octanol–water partition coefficient (Wildman–Crippen LogP) is 4.45. The highest BCUT2D eigenvalue weighted by atomic mass is 15.1. The van der Waals surface area contributed by atoms with Crippen LogP contribution in [0.1, 0.15) is 78.1 Å². The van der Waals surface area contributed by atoms with Crippen molar-refractivity contribution in [2.75, 3.05) is 26.7 Å². The monoisotopic (exact) mass is 294 g/mol. The first-order valence-electron chi connectivity index (χ1n) is 9.56. The maximum atomic E-state index is 3.67. The lowest BCUT2D eigenvalue weighted by atomic mass is 9.69. The molecule has 2 unspecified atom stereocenters. The second-order valence-electron chi connectivity index (χ2n) is 8.04. The summed E-state index contributed by atoms with van der Waals surface area (Å²) in [6.45, 7) is 8.36. The van der Waals surface area contributed by atoms with Gasteiger partial charge in [0.2, 0.25) is 0 Å². The molecular formula is C19H38N2. The molecule has 2 heteroatoms. The minimum absolute atomic E-state index is 0.536. The quantitative estimate of drug-likeness (QED) is 0.728. The number of hydrogen-bond acceptors (Lipinski definition) is 2. The van der Waals surface area contributed by atoms with Gasteiger partial charge >= 0.3 is 0 Å². The summed E-state index contributed by atoms with van der Waals surface area (Å²) in [5.74, 6) is 0.917. The molecule has 0 aliphatic heterocycles. The van der Waals surface area contributed by atoms with Gasteiger partial charge in [-0.2, -0.15) is 0 Å². The van der Waals surface area contributed by atoms with E-state index in [1.54, 1.807) is 0 Å². The molecule has 0 aromatic heterocycles. The fraction of sp³-hybridized carbons (Fsp3) is 1.00. The van der Waals surface area contributed by atoms with Crippen molar-refractivity contribution in [2.45, 2.75) is 84.1 Å². The van der Waals surface area contributed by atoms with E-state index in [2.05, 4.69) is 31.1 Å². The number of hydrogen-bond donors (Lipinski definition) is 1. The van der Waals surface area contributed by atoms with Crippen molar-refractivity contribution in [3.05, 3.63) is 0 Å². The van der Waals surface area contributed by atoms with Gasteiger partial charge in [-0.05, 0) is 50.6 Å². The molecule has 0 heterocycles. The average molecular weight is 295 g/mol. The van der Waals surface area contributed by atoms with E-state index in [1.807, 2.05) is 0 Å². The molecule has 2 fully saturated rings. The van der Waals surface area contributed by atoms with Crippen LogP contribution in [0.4, 0.5) is 0 Å². The second kappa shape index (κ2) is 8.53. The zero-order valence-electron chi connectivity index (χ0n) is 14.8. The highest BCUT2D eigenvalue weighted by Gasteiger charge is 2.36. The van der Waals surface area contributed by atoms with Crippen molar-refractivity contribution in [3.63, 3.8) is 0 Å². The Bertz CT molecular complexity index is 283. The number of nitrogens with zero attached hydrogens (tertiary/aromatic N) is 1. The Morgan fingerprint density at radius 3 is 2.38 bits per heavy atom. The molecule has 21 heavy (non-hydrogen) atoms. The summed E-state index contributed by atoms with van der Waals surface area (Å²) in [6.07, 6.45) is 14.4. The highest BCUT2D eigenvalue weighted by molar-refractivity contribution is 4.90. The van der Waals surface area contributed by atoms with Crippen LogP contribution in [-0.4, -0.2) is 37.6 Å². The van der Waals surface area contributed by atoms with E-state index in [1.165, 1.54) is 77.3 Å². The molecule has 2 rings (SSSR count). The Labute approximate surface area is 133 Å². The molecule has 2 aliphatic rings. The van der Waals surface area contributed by atoms with Gasteiger partial charge in [-0.1, -0.05) is 52.4 Å². The van der Waals surface area contributed by atoms with E-state index in [0.29, 0.717) is 5.41 Å². The third-order valence-corrected chi connectivity index (χ3v) is 5.97. The van der Waals surface area contributed by atoms with Gasteiger partial charge in [-0.15, -0.1) is 0 Å². The lowest BCUT2D eigenvalue weighted by Gasteiger charge is -2.44. The summed E-state index contributed by atoms with van der Waals surface area (Å²) in [5, 5.41) is 3.67. The molecule has 0 radical (unpaired) electrons. The number of nitrogens with one attached hydrogen (secondary N) is 1. The van der Waals surface area contributed by atoms with Crippen LogP contribution in [-0.2, 0) is 0 Å². The Morgan fingerprint density at radius 2 is 1.76 bits per heavy atom. The van der Waals surface area contributed by atoms with Gasteiger partial charge in [0.25, 0.3) is 0 Å². The smallest absolute Gasteiger partial charge is 0.00924 e. The molecule has 0 amide bonds. The first kappa shape index (κ1) is 17.3. The van der Waals surface area contributed by atoms with Gasteiger partial charge in [0.1, 0.15) is 0 Å². The van der Waals surface area contributed by atoms with Gasteiger partial charge in [0, 0.05) is 19.1 Å².